The summed E-state index contributed by atoms with van der Waals surface area (Å²) < 4.78 is 36.5. The lowest BCUT2D eigenvalue weighted by molar-refractivity contribution is -0.179. The molecule has 1 aliphatic heterocycles. The second-order valence-corrected chi connectivity index (χ2v) is 3.82. The number of hydrogen-bond acceptors (Lipinski definition) is 2. The Morgan fingerprint density at radius 1 is 1.50 bits per heavy atom. The number of carbonyl (C=O) groups excluding carboxylic acids is 1. The second kappa shape index (κ2) is 6.30. The molecule has 96 valence electrons. The van der Waals surface area contributed by atoms with Crippen LogP contribution in [0.2, 0.25) is 0 Å². The molecule has 16 heavy (non-hydrogen) atoms. The third kappa shape index (κ3) is 4.57. The topological polar surface area (TPSA) is 41.1 Å². The Labute approximate surface area is 98.6 Å². The molecule has 2 atom stereocenters. The molecule has 0 spiro atoms. The zero-order valence-electron chi connectivity index (χ0n) is 8.93. The van der Waals surface area contributed by atoms with Gasteiger partial charge in [0.2, 0.25) is 5.91 Å². The van der Waals surface area contributed by atoms with E-state index < -0.39 is 18.0 Å². The second-order valence-electron chi connectivity index (χ2n) is 3.82. The van der Waals surface area contributed by atoms with Gasteiger partial charge in [0.15, 0.2) is 0 Å². The minimum Gasteiger partial charge on any atom is -0.352 e. The standard InChI is InChI=1S/C9H15F3N2O.ClH/c1-6(9(10,11)12)8(15)14-7-3-2-4-13-5-7;/h6-7,13H,2-5H2,1H3,(H,14,15);1H/t6?,7-;/m1./s1. The average Bonchev–Trinajstić information content (AvgIpc) is 2.16. The zero-order chi connectivity index (χ0) is 11.5. The van der Waals surface area contributed by atoms with Crippen molar-refractivity contribution >= 4 is 18.3 Å². The SMILES string of the molecule is CC(C(=O)N[C@@H]1CCCNC1)C(F)(F)F.Cl. The van der Waals surface area contributed by atoms with Crippen LogP contribution in [0.25, 0.3) is 0 Å². The summed E-state index contributed by atoms with van der Waals surface area (Å²) in [7, 11) is 0. The lowest BCUT2D eigenvalue weighted by Crippen LogP contribution is -2.49. The largest absolute Gasteiger partial charge is 0.400 e. The van der Waals surface area contributed by atoms with Gasteiger partial charge in [-0.05, 0) is 26.3 Å². The van der Waals surface area contributed by atoms with E-state index in [0.717, 1.165) is 26.3 Å². The van der Waals surface area contributed by atoms with Crippen LogP contribution in [0.15, 0.2) is 0 Å². The molecule has 0 aliphatic carbocycles. The van der Waals surface area contributed by atoms with Gasteiger partial charge in [0.05, 0.1) is 0 Å². The fraction of sp³-hybridized carbons (Fsp3) is 0.889. The summed E-state index contributed by atoms with van der Waals surface area (Å²) >= 11 is 0. The van der Waals surface area contributed by atoms with Crippen molar-refractivity contribution < 1.29 is 18.0 Å². The molecule has 0 aromatic rings. The van der Waals surface area contributed by atoms with Gasteiger partial charge in [-0.1, -0.05) is 0 Å². The number of rotatable bonds is 2. The molecule has 1 amide bonds. The van der Waals surface area contributed by atoms with Gasteiger partial charge >= 0.3 is 6.18 Å². The Morgan fingerprint density at radius 2 is 2.12 bits per heavy atom. The summed E-state index contributed by atoms with van der Waals surface area (Å²) in [6.07, 6.45) is -2.83. The summed E-state index contributed by atoms with van der Waals surface area (Å²) in [6.45, 7) is 2.29. The van der Waals surface area contributed by atoms with Crippen molar-refractivity contribution in [2.75, 3.05) is 13.1 Å². The first-order chi connectivity index (χ1) is 6.91. The molecule has 3 nitrogen and oxygen atoms in total. The molecule has 1 aliphatic rings. The number of halogens is 4. The molecule has 0 saturated carbocycles. The van der Waals surface area contributed by atoms with Crippen LogP contribution in [0, 0.1) is 5.92 Å². The highest BCUT2D eigenvalue weighted by molar-refractivity contribution is 5.85. The molecule has 1 heterocycles. The molecule has 0 aromatic carbocycles. The lowest BCUT2D eigenvalue weighted by Gasteiger charge is -2.25. The molecule has 1 fully saturated rings. The van der Waals surface area contributed by atoms with Gasteiger partial charge in [-0.15, -0.1) is 12.4 Å². The van der Waals surface area contributed by atoms with Gasteiger partial charge in [0.25, 0.3) is 0 Å². The Hall–Kier alpha value is -0.490. The predicted molar refractivity (Wildman–Crippen MR) is 56.5 cm³/mol. The third-order valence-electron chi connectivity index (χ3n) is 2.53. The molecular weight excluding hydrogens is 245 g/mol. The first kappa shape index (κ1) is 15.5. The van der Waals surface area contributed by atoms with Crippen LogP contribution in [0.1, 0.15) is 19.8 Å². The highest BCUT2D eigenvalue weighted by Gasteiger charge is 2.41. The summed E-state index contributed by atoms with van der Waals surface area (Å²) in [4.78, 5) is 11.2. The van der Waals surface area contributed by atoms with E-state index >= 15 is 0 Å². The number of hydrogen-bond donors (Lipinski definition) is 2. The van der Waals surface area contributed by atoms with Gasteiger partial charge in [0.1, 0.15) is 5.92 Å². The van der Waals surface area contributed by atoms with Gasteiger partial charge in [0, 0.05) is 12.6 Å². The summed E-state index contributed by atoms with van der Waals surface area (Å²) in [6, 6.07) is -0.170. The van der Waals surface area contributed by atoms with E-state index in [4.69, 9.17) is 0 Å². The Bertz CT molecular complexity index is 229. The summed E-state index contributed by atoms with van der Waals surface area (Å²) in [5.74, 6) is -2.87. The number of nitrogens with one attached hydrogen (secondary N) is 2. The Kier molecular flexibility index (Phi) is 6.10. The van der Waals surface area contributed by atoms with Gasteiger partial charge in [-0.2, -0.15) is 13.2 Å². The van der Waals surface area contributed by atoms with E-state index in [1.54, 1.807) is 0 Å². The van der Waals surface area contributed by atoms with Gasteiger partial charge < -0.3 is 10.6 Å². The molecule has 0 radical (unpaired) electrons. The van der Waals surface area contributed by atoms with E-state index in [1.165, 1.54) is 0 Å². The van der Waals surface area contributed by atoms with Crippen molar-refractivity contribution in [3.05, 3.63) is 0 Å². The number of alkyl halides is 3. The first-order valence-corrected chi connectivity index (χ1v) is 4.99. The highest BCUT2D eigenvalue weighted by Crippen LogP contribution is 2.25. The van der Waals surface area contributed by atoms with Crippen LogP contribution in [-0.4, -0.2) is 31.2 Å². The van der Waals surface area contributed by atoms with Crippen LogP contribution < -0.4 is 10.6 Å². The molecule has 7 heteroatoms. The van der Waals surface area contributed by atoms with E-state index in [-0.39, 0.29) is 18.4 Å². The average molecular weight is 261 g/mol. The highest BCUT2D eigenvalue weighted by atomic mass is 35.5. The minimum atomic E-state index is -4.45. The molecule has 1 rings (SSSR count). The fourth-order valence-electron chi connectivity index (χ4n) is 1.45. The summed E-state index contributed by atoms with van der Waals surface area (Å²) in [5.41, 5.74) is 0. The quantitative estimate of drug-likeness (QED) is 0.790. The van der Waals surface area contributed by atoms with Crippen molar-refractivity contribution in [1.29, 1.82) is 0 Å². The molecule has 0 bridgehead atoms. The van der Waals surface area contributed by atoms with Crippen molar-refractivity contribution in [1.82, 2.24) is 10.6 Å². The smallest absolute Gasteiger partial charge is 0.352 e. The molecule has 1 saturated heterocycles. The number of piperidine rings is 1. The number of carbonyl (C=O) groups is 1. The van der Waals surface area contributed by atoms with Crippen LogP contribution in [0.5, 0.6) is 0 Å². The third-order valence-corrected chi connectivity index (χ3v) is 2.53. The molecular formula is C9H16ClF3N2O. The van der Waals surface area contributed by atoms with E-state index in [1.807, 2.05) is 0 Å². The van der Waals surface area contributed by atoms with Crippen molar-refractivity contribution in [3.8, 4) is 0 Å². The van der Waals surface area contributed by atoms with Crippen molar-refractivity contribution in [2.45, 2.75) is 32.0 Å². The van der Waals surface area contributed by atoms with Crippen LogP contribution in [0.4, 0.5) is 13.2 Å². The molecule has 2 N–H and O–H groups in total. The Balaban J connectivity index is 0.00000225. The fourth-order valence-corrected chi connectivity index (χ4v) is 1.45. The van der Waals surface area contributed by atoms with E-state index in [2.05, 4.69) is 10.6 Å². The predicted octanol–water partition coefficient (Wildman–Crippen LogP) is 1.47. The van der Waals surface area contributed by atoms with E-state index in [0.29, 0.717) is 6.54 Å². The van der Waals surface area contributed by atoms with Gasteiger partial charge in [-0.3, -0.25) is 4.79 Å². The Morgan fingerprint density at radius 3 is 2.56 bits per heavy atom. The van der Waals surface area contributed by atoms with Crippen molar-refractivity contribution in [3.63, 3.8) is 0 Å². The van der Waals surface area contributed by atoms with Crippen LogP contribution >= 0.6 is 12.4 Å². The molecule has 0 aromatic heterocycles. The first-order valence-electron chi connectivity index (χ1n) is 4.99. The van der Waals surface area contributed by atoms with Crippen molar-refractivity contribution in [2.24, 2.45) is 5.92 Å². The van der Waals surface area contributed by atoms with Crippen LogP contribution in [0.3, 0.4) is 0 Å². The van der Waals surface area contributed by atoms with E-state index in [9.17, 15) is 18.0 Å². The monoisotopic (exact) mass is 260 g/mol. The number of amides is 1. The maximum atomic E-state index is 12.2. The lowest BCUT2D eigenvalue weighted by atomic mass is 10.1. The van der Waals surface area contributed by atoms with Gasteiger partial charge in [-0.25, -0.2) is 0 Å². The van der Waals surface area contributed by atoms with Crippen LogP contribution in [-0.2, 0) is 4.79 Å². The normalized spacial score (nSPS) is 23.1. The maximum Gasteiger partial charge on any atom is 0.400 e. The maximum absolute atomic E-state index is 12.2. The minimum absolute atomic E-state index is 0. The zero-order valence-corrected chi connectivity index (χ0v) is 9.75. The summed E-state index contributed by atoms with van der Waals surface area (Å²) in [5, 5.41) is 5.43. The molecule has 1 unspecified atom stereocenters.